The Balaban J connectivity index is 1.42. The Morgan fingerprint density at radius 1 is 1.16 bits per heavy atom. The number of fused-ring (bicyclic) bond motifs is 2. The van der Waals surface area contributed by atoms with Gasteiger partial charge in [0.2, 0.25) is 5.91 Å². The molecule has 5 rings (SSSR count). The number of carbonyl (C=O) groups is 1. The normalized spacial score (nSPS) is 16.9. The van der Waals surface area contributed by atoms with E-state index in [1.807, 2.05) is 53.4 Å². The quantitative estimate of drug-likeness (QED) is 0.435. The minimum absolute atomic E-state index is 0.00432. The zero-order valence-corrected chi connectivity index (χ0v) is 18.9. The van der Waals surface area contributed by atoms with Gasteiger partial charge < -0.3 is 4.90 Å². The van der Waals surface area contributed by atoms with Crippen LogP contribution in [0.5, 0.6) is 0 Å². The maximum atomic E-state index is 13.3. The highest BCUT2D eigenvalue weighted by atomic mass is 32.2. The van der Waals surface area contributed by atoms with Crippen LogP contribution in [0.3, 0.4) is 0 Å². The molecule has 0 N–H and O–H groups in total. The maximum Gasteiger partial charge on any atom is 0.268 e. The first-order chi connectivity index (χ1) is 15.1. The number of hydrogen-bond donors (Lipinski definition) is 0. The van der Waals surface area contributed by atoms with Gasteiger partial charge in [-0.05, 0) is 23.6 Å². The SMILES string of the molecule is C[C@@H]1Cc2nc(SCC(=O)N3CCc4ccccc43)n(Cc3ccccc3)c(=O)c2S1. The topological polar surface area (TPSA) is 55.2 Å². The summed E-state index contributed by atoms with van der Waals surface area (Å²) < 4.78 is 1.73. The molecule has 3 aromatic rings. The molecule has 1 atom stereocenters. The van der Waals surface area contributed by atoms with Crippen LogP contribution in [0, 0.1) is 0 Å². The monoisotopic (exact) mass is 449 g/mol. The van der Waals surface area contributed by atoms with Crippen molar-refractivity contribution >= 4 is 35.1 Å². The third-order valence-corrected chi connectivity index (χ3v) is 7.84. The molecule has 2 aliphatic heterocycles. The number of rotatable bonds is 5. The molecule has 0 aliphatic carbocycles. The summed E-state index contributed by atoms with van der Waals surface area (Å²) in [4.78, 5) is 33.7. The fraction of sp³-hybridized carbons (Fsp3) is 0.292. The second-order valence-corrected chi connectivity index (χ2v) is 10.3. The number of anilines is 1. The third kappa shape index (κ3) is 4.04. The van der Waals surface area contributed by atoms with E-state index >= 15 is 0 Å². The van der Waals surface area contributed by atoms with Crippen molar-refractivity contribution in [3.05, 3.63) is 81.8 Å². The molecule has 2 aliphatic rings. The minimum Gasteiger partial charge on any atom is -0.311 e. The largest absolute Gasteiger partial charge is 0.311 e. The highest BCUT2D eigenvalue weighted by Crippen LogP contribution is 2.34. The van der Waals surface area contributed by atoms with E-state index in [2.05, 4.69) is 13.0 Å². The van der Waals surface area contributed by atoms with Crippen LogP contribution in [-0.2, 0) is 24.2 Å². The van der Waals surface area contributed by atoms with Crippen molar-refractivity contribution in [1.29, 1.82) is 0 Å². The summed E-state index contributed by atoms with van der Waals surface area (Å²) in [5, 5.41) is 0.978. The standard InChI is InChI=1S/C24H23N3O2S2/c1-16-13-19-22(31-16)23(29)27(14-17-7-3-2-4-8-17)24(25-19)30-15-21(28)26-12-11-18-9-5-6-10-20(18)26/h2-10,16H,11-15H2,1H3/t16-/m1/s1. The second-order valence-electron chi connectivity index (χ2n) is 7.89. The lowest BCUT2D eigenvalue weighted by molar-refractivity contribution is -0.116. The van der Waals surface area contributed by atoms with E-state index < -0.39 is 0 Å². The summed E-state index contributed by atoms with van der Waals surface area (Å²) >= 11 is 2.98. The van der Waals surface area contributed by atoms with Crippen molar-refractivity contribution in [2.45, 2.75) is 41.6 Å². The smallest absolute Gasteiger partial charge is 0.268 e. The van der Waals surface area contributed by atoms with Crippen LogP contribution in [0.15, 0.2) is 69.4 Å². The zero-order valence-electron chi connectivity index (χ0n) is 17.3. The Labute approximate surface area is 189 Å². The first-order valence-electron chi connectivity index (χ1n) is 10.5. The van der Waals surface area contributed by atoms with Gasteiger partial charge in [0.15, 0.2) is 5.16 Å². The van der Waals surface area contributed by atoms with Gasteiger partial charge in [0, 0.05) is 23.9 Å². The number of hydrogen-bond acceptors (Lipinski definition) is 5. The van der Waals surface area contributed by atoms with Crippen molar-refractivity contribution < 1.29 is 4.79 Å². The van der Waals surface area contributed by atoms with Gasteiger partial charge in [-0.1, -0.05) is 67.2 Å². The van der Waals surface area contributed by atoms with Gasteiger partial charge in [0.1, 0.15) is 0 Å². The van der Waals surface area contributed by atoms with Gasteiger partial charge in [-0.25, -0.2) is 4.98 Å². The molecule has 1 aromatic heterocycles. The fourth-order valence-electron chi connectivity index (χ4n) is 4.15. The highest BCUT2D eigenvalue weighted by Gasteiger charge is 2.28. The lowest BCUT2D eigenvalue weighted by Crippen LogP contribution is -2.31. The van der Waals surface area contributed by atoms with E-state index in [1.54, 1.807) is 16.3 Å². The van der Waals surface area contributed by atoms with E-state index in [0.29, 0.717) is 23.5 Å². The predicted molar refractivity (Wildman–Crippen MR) is 126 cm³/mol. The lowest BCUT2D eigenvalue weighted by atomic mass is 10.2. The van der Waals surface area contributed by atoms with Gasteiger partial charge in [-0.3, -0.25) is 14.2 Å². The minimum atomic E-state index is 0.00432. The molecule has 0 saturated carbocycles. The van der Waals surface area contributed by atoms with Gasteiger partial charge in [0.25, 0.3) is 5.56 Å². The molecule has 0 fully saturated rings. The van der Waals surface area contributed by atoms with Crippen molar-refractivity contribution in [2.24, 2.45) is 0 Å². The number of nitrogens with zero attached hydrogens (tertiary/aromatic N) is 3. The van der Waals surface area contributed by atoms with Gasteiger partial charge in [-0.15, -0.1) is 11.8 Å². The Kier molecular flexibility index (Phi) is 5.63. The molecule has 0 bridgehead atoms. The number of thioether (sulfide) groups is 2. The van der Waals surface area contributed by atoms with Crippen LogP contribution in [-0.4, -0.2) is 33.0 Å². The predicted octanol–water partition coefficient (Wildman–Crippen LogP) is 4.01. The second kappa shape index (κ2) is 8.55. The first-order valence-corrected chi connectivity index (χ1v) is 12.3. The summed E-state index contributed by atoms with van der Waals surface area (Å²) in [6.07, 6.45) is 1.68. The number of para-hydroxylation sites is 1. The van der Waals surface area contributed by atoms with Crippen molar-refractivity contribution in [2.75, 3.05) is 17.2 Å². The lowest BCUT2D eigenvalue weighted by Gasteiger charge is -2.18. The molecule has 0 spiro atoms. The molecule has 0 radical (unpaired) electrons. The molecule has 0 unspecified atom stereocenters. The average Bonchev–Trinajstić information content (AvgIpc) is 3.38. The number of benzene rings is 2. The molecule has 1 amide bonds. The first kappa shape index (κ1) is 20.4. The van der Waals surface area contributed by atoms with E-state index in [1.165, 1.54) is 17.3 Å². The van der Waals surface area contributed by atoms with Crippen LogP contribution in [0.4, 0.5) is 5.69 Å². The number of amides is 1. The Morgan fingerprint density at radius 3 is 2.77 bits per heavy atom. The van der Waals surface area contributed by atoms with E-state index in [0.717, 1.165) is 34.7 Å². The Hall–Kier alpha value is -2.51. The zero-order chi connectivity index (χ0) is 21.4. The molecule has 3 heterocycles. The summed E-state index contributed by atoms with van der Waals surface area (Å²) in [6, 6.07) is 18.0. The molecule has 2 aromatic carbocycles. The fourth-order valence-corrected chi connectivity index (χ4v) is 6.15. The summed E-state index contributed by atoms with van der Waals surface area (Å²) in [6.45, 7) is 3.29. The molecule has 0 saturated heterocycles. The summed E-state index contributed by atoms with van der Waals surface area (Å²) in [5.41, 5.74) is 4.13. The van der Waals surface area contributed by atoms with Crippen LogP contribution in [0.1, 0.15) is 23.7 Å². The molecule has 158 valence electrons. The third-order valence-electron chi connectivity index (χ3n) is 5.66. The van der Waals surface area contributed by atoms with Crippen LogP contribution >= 0.6 is 23.5 Å². The molecular weight excluding hydrogens is 426 g/mol. The average molecular weight is 450 g/mol. The number of carbonyl (C=O) groups excluding carboxylic acids is 1. The van der Waals surface area contributed by atoms with E-state index in [-0.39, 0.29) is 17.2 Å². The number of aromatic nitrogens is 2. The highest BCUT2D eigenvalue weighted by molar-refractivity contribution is 8.00. The van der Waals surface area contributed by atoms with Crippen LogP contribution in [0.2, 0.25) is 0 Å². The molecular formula is C24H23N3O2S2. The summed E-state index contributed by atoms with van der Waals surface area (Å²) in [7, 11) is 0. The van der Waals surface area contributed by atoms with Crippen molar-refractivity contribution in [1.82, 2.24) is 9.55 Å². The van der Waals surface area contributed by atoms with Crippen molar-refractivity contribution in [3.63, 3.8) is 0 Å². The van der Waals surface area contributed by atoms with E-state index in [9.17, 15) is 9.59 Å². The van der Waals surface area contributed by atoms with E-state index in [4.69, 9.17) is 4.98 Å². The maximum absolute atomic E-state index is 13.3. The molecule has 5 nitrogen and oxygen atoms in total. The van der Waals surface area contributed by atoms with Gasteiger partial charge in [-0.2, -0.15) is 0 Å². The van der Waals surface area contributed by atoms with Gasteiger partial charge >= 0.3 is 0 Å². The van der Waals surface area contributed by atoms with Crippen molar-refractivity contribution in [3.8, 4) is 0 Å². The summed E-state index contributed by atoms with van der Waals surface area (Å²) in [5.74, 6) is 0.315. The molecule has 31 heavy (non-hydrogen) atoms. The van der Waals surface area contributed by atoms with Crippen LogP contribution in [0.25, 0.3) is 0 Å². The van der Waals surface area contributed by atoms with Crippen LogP contribution < -0.4 is 10.5 Å². The molecule has 7 heteroatoms. The van der Waals surface area contributed by atoms with Gasteiger partial charge in [0.05, 0.1) is 22.9 Å². The Bertz CT molecular complexity index is 1190. The Morgan fingerprint density at radius 2 is 1.94 bits per heavy atom.